The highest BCUT2D eigenvalue weighted by Gasteiger charge is 2.33. The number of anilines is 2. The molecule has 0 bridgehead atoms. The monoisotopic (exact) mass is 753 g/mol. The first kappa shape index (κ1) is 40.2. The zero-order valence-electron chi connectivity index (χ0n) is 31.2. The highest BCUT2D eigenvalue weighted by atomic mass is 16.5. The second-order valence-corrected chi connectivity index (χ2v) is 14.0. The number of fused-ring (bicyclic) bond motifs is 1. The number of nitrogens with one attached hydrogen (secondary N) is 5. The quantitative estimate of drug-likeness (QED) is 0.0540. The smallest absolute Gasteiger partial charge is 0.262 e. The van der Waals surface area contributed by atoms with Crippen molar-refractivity contribution >= 4 is 46.9 Å². The molecule has 55 heavy (non-hydrogen) atoms. The Hall–Kier alpha value is -5.96. The van der Waals surface area contributed by atoms with Crippen molar-refractivity contribution in [1.29, 1.82) is 5.41 Å². The van der Waals surface area contributed by atoms with Crippen LogP contribution in [0.2, 0.25) is 0 Å². The largest absolute Gasteiger partial charge is 0.482 e. The highest BCUT2D eigenvalue weighted by molar-refractivity contribution is 6.04. The van der Waals surface area contributed by atoms with Crippen molar-refractivity contribution in [3.8, 4) is 5.75 Å². The summed E-state index contributed by atoms with van der Waals surface area (Å²) in [5.41, 5.74) is 14.6. The lowest BCUT2D eigenvalue weighted by molar-refractivity contribution is -0.122. The molecular formula is C40H51N9O6. The third-order valence-electron chi connectivity index (χ3n) is 9.48. The number of carbonyl (C=O) groups excluding carboxylic acids is 5. The molecule has 1 aliphatic heterocycles. The summed E-state index contributed by atoms with van der Waals surface area (Å²) in [5, 5.41) is 18.3. The van der Waals surface area contributed by atoms with Crippen LogP contribution in [0.15, 0.2) is 66.7 Å². The predicted octanol–water partition coefficient (Wildman–Crippen LogP) is 3.41. The summed E-state index contributed by atoms with van der Waals surface area (Å²) in [6.07, 6.45) is 6.46. The fourth-order valence-corrected chi connectivity index (χ4v) is 6.15. The first-order chi connectivity index (χ1) is 26.5. The Morgan fingerprint density at radius 3 is 2.25 bits per heavy atom. The normalized spacial score (nSPS) is 13.7. The molecule has 292 valence electrons. The summed E-state index contributed by atoms with van der Waals surface area (Å²) in [5.74, 6) is -0.567. The first-order valence-electron chi connectivity index (χ1n) is 18.7. The Morgan fingerprint density at radius 1 is 0.873 bits per heavy atom. The first-order valence-corrected chi connectivity index (χ1v) is 18.7. The fourth-order valence-electron chi connectivity index (χ4n) is 6.15. The number of amides is 5. The van der Waals surface area contributed by atoms with Crippen LogP contribution in [-0.4, -0.2) is 90.7 Å². The Kier molecular flexibility index (Phi) is 14.2. The number of unbranched alkanes of at least 4 members (excludes halogenated alkanes) is 3. The van der Waals surface area contributed by atoms with Crippen LogP contribution >= 0.6 is 0 Å². The number of benzene rings is 3. The van der Waals surface area contributed by atoms with Crippen molar-refractivity contribution < 1.29 is 28.7 Å². The average Bonchev–Trinajstić information content (AvgIpc) is 4.03. The van der Waals surface area contributed by atoms with Gasteiger partial charge in [0.2, 0.25) is 5.91 Å². The van der Waals surface area contributed by atoms with Gasteiger partial charge in [-0.05, 0) is 98.7 Å². The lowest BCUT2D eigenvalue weighted by atomic mass is 10.1. The van der Waals surface area contributed by atoms with Crippen molar-refractivity contribution in [3.63, 3.8) is 0 Å². The maximum absolute atomic E-state index is 13.5. The number of nitrogens with zero attached hydrogens (tertiary/aromatic N) is 2. The third kappa shape index (κ3) is 12.0. The van der Waals surface area contributed by atoms with Gasteiger partial charge in [0.15, 0.2) is 12.6 Å². The van der Waals surface area contributed by atoms with E-state index in [0.717, 1.165) is 44.1 Å². The molecular weight excluding hydrogens is 702 g/mol. The maximum Gasteiger partial charge on any atom is 0.262 e. The zero-order chi connectivity index (χ0) is 39.3. The van der Waals surface area contributed by atoms with E-state index in [0.29, 0.717) is 72.8 Å². The molecule has 0 spiro atoms. The van der Waals surface area contributed by atoms with E-state index in [9.17, 15) is 24.0 Å². The number of carbonyl (C=O) groups is 5. The predicted molar refractivity (Wildman–Crippen MR) is 210 cm³/mol. The van der Waals surface area contributed by atoms with Crippen LogP contribution in [0.5, 0.6) is 5.75 Å². The molecule has 0 unspecified atom stereocenters. The lowest BCUT2D eigenvalue weighted by Crippen LogP contribution is -2.41. The van der Waals surface area contributed by atoms with Gasteiger partial charge in [-0.1, -0.05) is 25.0 Å². The van der Waals surface area contributed by atoms with Gasteiger partial charge in [-0.25, -0.2) is 0 Å². The molecule has 0 radical (unpaired) electrons. The van der Waals surface area contributed by atoms with Crippen LogP contribution in [0, 0.1) is 5.41 Å². The van der Waals surface area contributed by atoms with Crippen LogP contribution in [-0.2, 0) is 16.1 Å². The zero-order valence-corrected chi connectivity index (χ0v) is 31.2. The lowest BCUT2D eigenvalue weighted by Gasteiger charge is -2.24. The molecule has 3 aromatic rings. The summed E-state index contributed by atoms with van der Waals surface area (Å²) in [7, 11) is 1.76. The average molecular weight is 754 g/mol. The van der Waals surface area contributed by atoms with Crippen LogP contribution in [0.4, 0.5) is 11.4 Å². The van der Waals surface area contributed by atoms with Crippen molar-refractivity contribution in [2.75, 3.05) is 43.9 Å². The minimum absolute atomic E-state index is 0.0866. The summed E-state index contributed by atoms with van der Waals surface area (Å²) in [4.78, 5) is 66.8. The van der Waals surface area contributed by atoms with Crippen LogP contribution in [0.3, 0.4) is 0 Å². The molecule has 0 aromatic heterocycles. The van der Waals surface area contributed by atoms with E-state index in [1.165, 1.54) is 0 Å². The Balaban J connectivity index is 1.01. The van der Waals surface area contributed by atoms with Crippen LogP contribution < -0.4 is 37.5 Å². The Morgan fingerprint density at radius 2 is 1.55 bits per heavy atom. The fraction of sp³-hybridized carbons (Fsp3) is 0.400. The molecule has 1 saturated carbocycles. The molecule has 9 N–H and O–H groups in total. The number of nitrogens with two attached hydrogens (primary N) is 2. The van der Waals surface area contributed by atoms with Crippen LogP contribution in [0.25, 0.3) is 0 Å². The van der Waals surface area contributed by atoms with Gasteiger partial charge in [-0.2, -0.15) is 0 Å². The molecule has 15 heteroatoms. The van der Waals surface area contributed by atoms with Gasteiger partial charge in [0, 0.05) is 61.6 Å². The second kappa shape index (κ2) is 19.4. The van der Waals surface area contributed by atoms with E-state index in [1.807, 2.05) is 17.0 Å². The van der Waals surface area contributed by atoms with E-state index < -0.39 is 6.04 Å². The van der Waals surface area contributed by atoms with Gasteiger partial charge in [0.25, 0.3) is 23.6 Å². The van der Waals surface area contributed by atoms with Gasteiger partial charge in [0.05, 0.1) is 11.7 Å². The SMILES string of the molecule is CN(CCCCCCNC(=O)[C@@H](N)CCCNC(=N)N)C(=O)c1ccc(NC(=O)c2ccc(CN(C(=O)c3ccc4c(c3)OCC(=O)N4)C3CC3)cc2)cc1. The van der Waals surface area contributed by atoms with Gasteiger partial charge >= 0.3 is 0 Å². The Bertz CT molecular complexity index is 1850. The number of guanidine groups is 1. The summed E-state index contributed by atoms with van der Waals surface area (Å²) >= 11 is 0. The number of hydrogen-bond acceptors (Lipinski definition) is 8. The van der Waals surface area contributed by atoms with Gasteiger partial charge in [-0.3, -0.25) is 29.4 Å². The molecule has 1 aliphatic carbocycles. The van der Waals surface area contributed by atoms with E-state index >= 15 is 0 Å². The summed E-state index contributed by atoms with van der Waals surface area (Å²) in [6, 6.07) is 18.5. The van der Waals surface area contributed by atoms with Gasteiger partial charge < -0.3 is 47.3 Å². The van der Waals surface area contributed by atoms with Crippen molar-refractivity contribution in [3.05, 3.63) is 89.0 Å². The highest BCUT2D eigenvalue weighted by Crippen LogP contribution is 2.33. The van der Waals surface area contributed by atoms with E-state index in [4.69, 9.17) is 21.6 Å². The maximum atomic E-state index is 13.5. The van der Waals surface area contributed by atoms with Crippen molar-refractivity contribution in [2.24, 2.45) is 11.5 Å². The molecule has 1 heterocycles. The molecule has 1 atom stereocenters. The number of hydrogen-bond donors (Lipinski definition) is 7. The minimum atomic E-state index is -0.593. The van der Waals surface area contributed by atoms with Gasteiger partial charge in [0.1, 0.15) is 5.75 Å². The summed E-state index contributed by atoms with van der Waals surface area (Å²) in [6.45, 7) is 1.94. The topological polar surface area (TPSA) is 225 Å². The van der Waals surface area contributed by atoms with Crippen LogP contribution in [0.1, 0.15) is 88.0 Å². The summed E-state index contributed by atoms with van der Waals surface area (Å²) < 4.78 is 5.50. The minimum Gasteiger partial charge on any atom is -0.482 e. The molecule has 2 aliphatic rings. The van der Waals surface area contributed by atoms with E-state index in [1.54, 1.807) is 66.5 Å². The molecule has 5 rings (SSSR count). The molecule has 3 aromatic carbocycles. The van der Waals surface area contributed by atoms with E-state index in [2.05, 4.69) is 21.3 Å². The van der Waals surface area contributed by atoms with Crippen molar-refractivity contribution in [1.82, 2.24) is 20.4 Å². The molecule has 1 fully saturated rings. The molecule has 0 saturated heterocycles. The third-order valence-corrected chi connectivity index (χ3v) is 9.48. The van der Waals surface area contributed by atoms with E-state index in [-0.39, 0.29) is 48.1 Å². The second-order valence-electron chi connectivity index (χ2n) is 14.0. The van der Waals surface area contributed by atoms with Crippen molar-refractivity contribution in [2.45, 2.75) is 70.0 Å². The molecule has 15 nitrogen and oxygen atoms in total. The number of rotatable bonds is 19. The Labute approximate surface area is 321 Å². The standard InChI is InChI=1S/C40H51N9O6/c1-48(22-5-3-2-4-20-44-37(52)32(41)7-6-21-45-40(42)43)38(53)28-12-15-30(16-13-28)46-36(51)27-10-8-26(9-11-27)24-49(31-17-18-31)39(54)29-14-19-33-34(23-29)55-25-35(50)47-33/h8-16,19,23,31-32H,2-7,17-18,20-22,24-25,41H2,1H3,(H,44,52)(H,46,51)(H,47,50)(H4,42,43,45)/t32-/m0/s1. The molecule has 5 amide bonds. The van der Waals surface area contributed by atoms with Gasteiger partial charge in [-0.15, -0.1) is 0 Å². The number of ether oxygens (including phenoxy) is 1.